The fraction of sp³-hybridized carbons (Fsp3) is 0.273. The number of hydrogen-bond acceptors (Lipinski definition) is 2. The number of rotatable bonds is 3. The lowest BCUT2D eigenvalue weighted by Gasteiger charge is -2.03. The predicted octanol–water partition coefficient (Wildman–Crippen LogP) is 4.61. The van der Waals surface area contributed by atoms with Crippen LogP contribution in [0.25, 0.3) is 11.0 Å². The van der Waals surface area contributed by atoms with Crippen LogP contribution >= 0.6 is 39.1 Å². The normalized spacial score (nSPS) is 11.2. The summed E-state index contributed by atoms with van der Waals surface area (Å²) in [5.74, 6) is 0. The highest BCUT2D eigenvalue weighted by molar-refractivity contribution is 9.10. The van der Waals surface area contributed by atoms with E-state index in [9.17, 15) is 0 Å². The molecule has 0 saturated carbocycles. The first-order valence-corrected chi connectivity index (χ1v) is 6.44. The number of nitrogens with one attached hydrogen (secondary N) is 1. The summed E-state index contributed by atoms with van der Waals surface area (Å²) in [6.45, 7) is 3.66. The molecule has 0 amide bonds. The van der Waals surface area contributed by atoms with Gasteiger partial charge in [0.05, 0.1) is 16.3 Å². The molecule has 1 N–H and O–H groups in total. The molecular weight excluding hydrogens is 313 g/mol. The average molecular weight is 323 g/mol. The van der Waals surface area contributed by atoms with E-state index in [4.69, 9.17) is 27.6 Å². The van der Waals surface area contributed by atoms with Crippen molar-refractivity contribution in [2.24, 2.45) is 0 Å². The molecule has 0 atom stereocenters. The van der Waals surface area contributed by atoms with E-state index in [0.29, 0.717) is 15.6 Å². The molecule has 0 unspecified atom stereocenters. The lowest BCUT2D eigenvalue weighted by Crippen LogP contribution is -2.11. The van der Waals surface area contributed by atoms with Gasteiger partial charge in [-0.1, -0.05) is 30.1 Å². The summed E-state index contributed by atoms with van der Waals surface area (Å²) in [7, 11) is 0. The van der Waals surface area contributed by atoms with Crippen molar-refractivity contribution in [2.45, 2.75) is 13.5 Å². The van der Waals surface area contributed by atoms with E-state index >= 15 is 0 Å². The molecule has 1 aromatic carbocycles. The van der Waals surface area contributed by atoms with Crippen LogP contribution in [0.3, 0.4) is 0 Å². The molecule has 0 bridgehead atoms. The van der Waals surface area contributed by atoms with Crippen LogP contribution in [0.5, 0.6) is 0 Å². The Bertz CT molecular complexity index is 524. The molecule has 0 aliphatic heterocycles. The largest absolute Gasteiger partial charge is 0.462 e. The van der Waals surface area contributed by atoms with Gasteiger partial charge >= 0.3 is 0 Å². The molecule has 0 saturated heterocycles. The first-order valence-electron chi connectivity index (χ1n) is 4.89. The fourth-order valence-corrected chi connectivity index (χ4v) is 2.63. The molecule has 2 rings (SSSR count). The Labute approximate surface area is 112 Å². The van der Waals surface area contributed by atoms with Gasteiger partial charge in [0.25, 0.3) is 0 Å². The van der Waals surface area contributed by atoms with Gasteiger partial charge in [-0.15, -0.1) is 0 Å². The summed E-state index contributed by atoms with van der Waals surface area (Å²) in [5.41, 5.74) is 1.66. The van der Waals surface area contributed by atoms with Gasteiger partial charge in [-0.25, -0.2) is 0 Å². The quantitative estimate of drug-likeness (QED) is 0.835. The highest BCUT2D eigenvalue weighted by atomic mass is 79.9. The summed E-state index contributed by atoms with van der Waals surface area (Å²) in [6.07, 6.45) is 1.69. The molecule has 1 aromatic heterocycles. The molecule has 2 aromatic rings. The predicted molar refractivity (Wildman–Crippen MR) is 71.3 cm³/mol. The minimum Gasteiger partial charge on any atom is -0.462 e. The minimum absolute atomic E-state index is 0.564. The first kappa shape index (κ1) is 12.2. The number of furan rings is 1. The topological polar surface area (TPSA) is 25.2 Å². The zero-order chi connectivity index (χ0) is 11.7. The van der Waals surface area contributed by atoms with Gasteiger partial charge < -0.3 is 9.73 Å². The Kier molecular flexibility index (Phi) is 3.80. The molecular formula is C11H10BrCl2NO. The highest BCUT2D eigenvalue weighted by Crippen LogP contribution is 2.38. The molecule has 16 heavy (non-hydrogen) atoms. The summed E-state index contributed by atoms with van der Waals surface area (Å²) in [6, 6.07) is 1.74. The van der Waals surface area contributed by atoms with E-state index in [0.717, 1.165) is 28.5 Å². The van der Waals surface area contributed by atoms with Crippen LogP contribution in [0.15, 0.2) is 21.2 Å². The van der Waals surface area contributed by atoms with Crippen LogP contribution in [0, 0.1) is 0 Å². The Morgan fingerprint density at radius 3 is 2.88 bits per heavy atom. The van der Waals surface area contributed by atoms with E-state index < -0.39 is 0 Å². The molecule has 0 aliphatic carbocycles. The zero-order valence-corrected chi connectivity index (χ0v) is 11.7. The molecule has 5 heteroatoms. The molecule has 2 nitrogen and oxygen atoms in total. The number of fused-ring (bicyclic) bond motifs is 1. The average Bonchev–Trinajstić information content (AvgIpc) is 2.67. The Morgan fingerprint density at radius 2 is 2.19 bits per heavy atom. The maximum Gasteiger partial charge on any atom is 0.154 e. The van der Waals surface area contributed by atoms with Crippen molar-refractivity contribution in [3.05, 3.63) is 32.4 Å². The summed E-state index contributed by atoms with van der Waals surface area (Å²) in [5, 5.41) is 5.31. The molecule has 0 fully saturated rings. The van der Waals surface area contributed by atoms with Crippen molar-refractivity contribution >= 4 is 50.1 Å². The van der Waals surface area contributed by atoms with Crippen LogP contribution in [0.1, 0.15) is 12.5 Å². The lowest BCUT2D eigenvalue weighted by molar-refractivity contribution is 0.604. The standard InChI is InChI=1S/C11H10BrCl2NO/c1-2-15-4-6-5-16-11-8(13)3-7(12)10(14)9(6)11/h3,5,15H,2,4H2,1H3. The fourth-order valence-electron chi connectivity index (χ4n) is 1.56. The third-order valence-corrected chi connectivity index (χ3v) is 3.86. The van der Waals surface area contributed by atoms with Gasteiger partial charge in [0.2, 0.25) is 0 Å². The van der Waals surface area contributed by atoms with Crippen LogP contribution in [-0.4, -0.2) is 6.54 Å². The zero-order valence-electron chi connectivity index (χ0n) is 8.61. The van der Waals surface area contributed by atoms with Crippen molar-refractivity contribution in [1.82, 2.24) is 5.32 Å². The maximum absolute atomic E-state index is 6.23. The second-order valence-corrected chi connectivity index (χ2v) is 5.04. The Morgan fingerprint density at radius 1 is 1.44 bits per heavy atom. The van der Waals surface area contributed by atoms with E-state index in [1.54, 1.807) is 12.3 Å². The number of benzene rings is 1. The van der Waals surface area contributed by atoms with Gasteiger partial charge in [0.1, 0.15) is 0 Å². The molecule has 86 valence electrons. The smallest absolute Gasteiger partial charge is 0.154 e. The SMILES string of the molecule is CCNCc1coc2c(Cl)cc(Br)c(Cl)c12. The maximum atomic E-state index is 6.23. The van der Waals surface area contributed by atoms with Gasteiger partial charge in [-0.2, -0.15) is 0 Å². The molecule has 0 aliphatic rings. The van der Waals surface area contributed by atoms with Crippen molar-refractivity contribution in [3.8, 4) is 0 Å². The lowest BCUT2D eigenvalue weighted by atomic mass is 10.2. The Hall–Kier alpha value is -0.220. The van der Waals surface area contributed by atoms with Crippen molar-refractivity contribution in [2.75, 3.05) is 6.54 Å². The summed E-state index contributed by atoms with van der Waals surface area (Å²) in [4.78, 5) is 0. The van der Waals surface area contributed by atoms with Gasteiger partial charge in [0.15, 0.2) is 5.58 Å². The van der Waals surface area contributed by atoms with Gasteiger partial charge in [0, 0.05) is 22.0 Å². The number of hydrogen-bond donors (Lipinski definition) is 1. The summed E-state index contributed by atoms with van der Waals surface area (Å²) >= 11 is 15.7. The van der Waals surface area contributed by atoms with Crippen LogP contribution < -0.4 is 5.32 Å². The van der Waals surface area contributed by atoms with Gasteiger partial charge in [-0.3, -0.25) is 0 Å². The first-order chi connectivity index (χ1) is 7.65. The molecule has 0 spiro atoms. The second-order valence-electron chi connectivity index (χ2n) is 3.40. The Balaban J connectivity index is 2.60. The van der Waals surface area contributed by atoms with Crippen LogP contribution in [0.4, 0.5) is 0 Å². The second kappa shape index (κ2) is 4.96. The number of halogens is 3. The van der Waals surface area contributed by atoms with E-state index in [1.807, 2.05) is 6.92 Å². The molecule has 1 heterocycles. The van der Waals surface area contributed by atoms with E-state index in [2.05, 4.69) is 21.2 Å². The van der Waals surface area contributed by atoms with Crippen LogP contribution in [-0.2, 0) is 6.54 Å². The monoisotopic (exact) mass is 321 g/mol. The van der Waals surface area contributed by atoms with Crippen molar-refractivity contribution in [1.29, 1.82) is 0 Å². The third kappa shape index (κ3) is 2.09. The van der Waals surface area contributed by atoms with E-state index in [-0.39, 0.29) is 0 Å². The molecule has 0 radical (unpaired) electrons. The third-order valence-electron chi connectivity index (χ3n) is 2.33. The van der Waals surface area contributed by atoms with Crippen molar-refractivity contribution < 1.29 is 4.42 Å². The van der Waals surface area contributed by atoms with E-state index in [1.165, 1.54) is 0 Å². The van der Waals surface area contributed by atoms with Gasteiger partial charge in [-0.05, 0) is 28.5 Å². The summed E-state index contributed by atoms with van der Waals surface area (Å²) < 4.78 is 6.22. The van der Waals surface area contributed by atoms with Crippen LogP contribution in [0.2, 0.25) is 10.0 Å². The highest BCUT2D eigenvalue weighted by Gasteiger charge is 2.15. The van der Waals surface area contributed by atoms with Crippen molar-refractivity contribution in [3.63, 3.8) is 0 Å². The minimum atomic E-state index is 0.564.